The Labute approximate surface area is 142 Å². The van der Waals surface area contributed by atoms with Crippen molar-refractivity contribution in [2.45, 2.75) is 38.3 Å². The number of ether oxygens (including phenoxy) is 1. The van der Waals surface area contributed by atoms with E-state index in [9.17, 15) is 8.78 Å². The van der Waals surface area contributed by atoms with Gasteiger partial charge in [-0.25, -0.2) is 0 Å². The predicted molar refractivity (Wildman–Crippen MR) is 89.5 cm³/mol. The monoisotopic (exact) mass is 346 g/mol. The van der Waals surface area contributed by atoms with Crippen molar-refractivity contribution in [2.24, 2.45) is 5.92 Å². The molecular formula is C17H25ClF2N2O. The molecule has 2 aliphatic rings. The van der Waals surface area contributed by atoms with E-state index in [1.165, 1.54) is 25.7 Å². The zero-order valence-corrected chi connectivity index (χ0v) is 14.0. The average molecular weight is 347 g/mol. The van der Waals surface area contributed by atoms with Gasteiger partial charge in [0, 0.05) is 37.8 Å². The van der Waals surface area contributed by atoms with Crippen molar-refractivity contribution in [3.8, 4) is 5.75 Å². The van der Waals surface area contributed by atoms with Crippen LogP contribution >= 0.6 is 12.4 Å². The fraction of sp³-hybridized carbons (Fsp3) is 0.647. The largest absolute Gasteiger partial charge is 0.434 e. The van der Waals surface area contributed by atoms with Crippen molar-refractivity contribution < 1.29 is 13.5 Å². The molecule has 0 bridgehead atoms. The number of alkyl halides is 2. The zero-order chi connectivity index (χ0) is 15.4. The first-order valence-electron chi connectivity index (χ1n) is 8.24. The van der Waals surface area contributed by atoms with Crippen LogP contribution in [0.2, 0.25) is 0 Å². The predicted octanol–water partition coefficient (Wildman–Crippen LogP) is 3.85. The second kappa shape index (κ2) is 8.81. The molecule has 0 spiro atoms. The maximum absolute atomic E-state index is 12.7. The molecule has 1 heterocycles. The van der Waals surface area contributed by atoms with Gasteiger partial charge in [0.25, 0.3) is 0 Å². The molecule has 0 amide bonds. The van der Waals surface area contributed by atoms with Gasteiger partial charge >= 0.3 is 6.61 Å². The van der Waals surface area contributed by atoms with Crippen LogP contribution < -0.4 is 10.1 Å². The van der Waals surface area contributed by atoms with E-state index in [1.807, 2.05) is 12.1 Å². The van der Waals surface area contributed by atoms with Crippen molar-refractivity contribution in [3.05, 3.63) is 29.8 Å². The molecule has 3 nitrogen and oxygen atoms in total. The maximum atomic E-state index is 12.7. The maximum Gasteiger partial charge on any atom is 0.387 e. The van der Waals surface area contributed by atoms with Crippen LogP contribution in [0.1, 0.15) is 37.3 Å². The summed E-state index contributed by atoms with van der Waals surface area (Å²) in [5.74, 6) is 0.883. The van der Waals surface area contributed by atoms with Gasteiger partial charge < -0.3 is 10.1 Å². The van der Waals surface area contributed by atoms with Gasteiger partial charge in [0.2, 0.25) is 0 Å². The smallest absolute Gasteiger partial charge is 0.387 e. The number of halogens is 3. The van der Waals surface area contributed by atoms with Gasteiger partial charge in [-0.05, 0) is 24.8 Å². The van der Waals surface area contributed by atoms with Crippen LogP contribution in [0.25, 0.3) is 0 Å². The average Bonchev–Trinajstić information content (AvgIpc) is 3.04. The number of para-hydroxylation sites is 1. The molecule has 0 aromatic heterocycles. The van der Waals surface area contributed by atoms with E-state index in [2.05, 4.69) is 10.2 Å². The van der Waals surface area contributed by atoms with E-state index in [1.54, 1.807) is 12.1 Å². The van der Waals surface area contributed by atoms with Gasteiger partial charge in [0.15, 0.2) is 0 Å². The number of hydrogen-bond acceptors (Lipinski definition) is 3. The summed E-state index contributed by atoms with van der Waals surface area (Å²) in [5.41, 5.74) is 0.927. The third-order valence-electron chi connectivity index (χ3n) is 4.85. The minimum Gasteiger partial charge on any atom is -0.434 e. The Hall–Kier alpha value is -0.910. The van der Waals surface area contributed by atoms with E-state index < -0.39 is 6.61 Å². The zero-order valence-electron chi connectivity index (χ0n) is 13.2. The number of nitrogens with one attached hydrogen (secondary N) is 1. The summed E-state index contributed by atoms with van der Waals surface area (Å²) < 4.78 is 30.3. The first-order valence-corrected chi connectivity index (χ1v) is 8.24. The second-order valence-corrected chi connectivity index (χ2v) is 6.19. The molecule has 0 radical (unpaired) electrons. The van der Waals surface area contributed by atoms with Gasteiger partial charge in [-0.1, -0.05) is 31.0 Å². The highest BCUT2D eigenvalue weighted by Gasteiger charge is 2.33. The Kier molecular flexibility index (Phi) is 7.06. The molecule has 1 saturated heterocycles. The molecule has 1 aromatic rings. The van der Waals surface area contributed by atoms with Crippen molar-refractivity contribution in [3.63, 3.8) is 0 Å². The van der Waals surface area contributed by atoms with E-state index in [0.717, 1.165) is 31.7 Å². The number of benzene rings is 1. The van der Waals surface area contributed by atoms with Crippen molar-refractivity contribution in [2.75, 3.05) is 26.2 Å². The van der Waals surface area contributed by atoms with Crippen LogP contribution in [0.15, 0.2) is 24.3 Å². The summed E-state index contributed by atoms with van der Waals surface area (Å²) in [7, 11) is 0. The highest BCUT2D eigenvalue weighted by atomic mass is 35.5. The lowest BCUT2D eigenvalue weighted by Crippen LogP contribution is -2.46. The minimum absolute atomic E-state index is 0. The normalized spacial score (nSPS) is 21.2. The summed E-state index contributed by atoms with van der Waals surface area (Å²) in [5, 5.41) is 3.37. The van der Waals surface area contributed by atoms with Crippen LogP contribution in [0.4, 0.5) is 8.78 Å². The van der Waals surface area contributed by atoms with Crippen LogP contribution in [-0.4, -0.2) is 37.7 Å². The Morgan fingerprint density at radius 1 is 1.09 bits per heavy atom. The van der Waals surface area contributed by atoms with Crippen LogP contribution in [0.3, 0.4) is 0 Å². The summed E-state index contributed by atoms with van der Waals surface area (Å²) in [4.78, 5) is 2.44. The molecule has 1 aliphatic heterocycles. The van der Waals surface area contributed by atoms with Crippen LogP contribution in [0, 0.1) is 5.92 Å². The van der Waals surface area contributed by atoms with E-state index in [-0.39, 0.29) is 18.4 Å². The van der Waals surface area contributed by atoms with Crippen LogP contribution in [-0.2, 0) is 0 Å². The third-order valence-corrected chi connectivity index (χ3v) is 4.85. The fourth-order valence-corrected chi connectivity index (χ4v) is 3.91. The van der Waals surface area contributed by atoms with Gasteiger partial charge in [-0.15, -0.1) is 12.4 Å². The molecule has 2 fully saturated rings. The molecule has 1 aliphatic carbocycles. The van der Waals surface area contributed by atoms with Gasteiger partial charge in [0.1, 0.15) is 5.75 Å². The summed E-state index contributed by atoms with van der Waals surface area (Å²) in [6.07, 6.45) is 4.84. The third kappa shape index (κ3) is 4.55. The molecule has 6 heteroatoms. The quantitative estimate of drug-likeness (QED) is 0.876. The van der Waals surface area contributed by atoms with Gasteiger partial charge in [0.05, 0.1) is 0 Å². The SMILES string of the molecule is Cl.FC(F)Oc1ccccc1[C@H](C1CCCC1)N1CCNCC1. The first kappa shape index (κ1) is 18.4. The van der Waals surface area contributed by atoms with E-state index >= 15 is 0 Å². The standard InChI is InChI=1S/C17H24F2N2O.ClH/c18-17(19)22-15-8-4-3-7-14(15)16(13-5-1-2-6-13)21-11-9-20-10-12-21;/h3-4,7-8,13,16-17,20H,1-2,5-6,9-12H2;1H/t16-;/m0./s1. The van der Waals surface area contributed by atoms with Crippen molar-refractivity contribution in [1.29, 1.82) is 0 Å². The van der Waals surface area contributed by atoms with Crippen molar-refractivity contribution >= 4 is 12.4 Å². The highest BCUT2D eigenvalue weighted by molar-refractivity contribution is 5.85. The molecule has 1 N–H and O–H groups in total. The Morgan fingerprint density at radius 2 is 1.74 bits per heavy atom. The fourth-order valence-electron chi connectivity index (χ4n) is 3.91. The number of rotatable bonds is 5. The Balaban J connectivity index is 0.00000192. The van der Waals surface area contributed by atoms with Gasteiger partial charge in [-0.2, -0.15) is 8.78 Å². The number of nitrogens with zero attached hydrogens (tertiary/aromatic N) is 1. The summed E-state index contributed by atoms with van der Waals surface area (Å²) in [6, 6.07) is 7.52. The van der Waals surface area contributed by atoms with E-state index in [0.29, 0.717) is 11.7 Å². The molecular weight excluding hydrogens is 322 g/mol. The molecule has 1 aromatic carbocycles. The molecule has 1 saturated carbocycles. The van der Waals surface area contributed by atoms with Crippen molar-refractivity contribution in [1.82, 2.24) is 10.2 Å². The topological polar surface area (TPSA) is 24.5 Å². The second-order valence-electron chi connectivity index (χ2n) is 6.19. The molecule has 23 heavy (non-hydrogen) atoms. The Morgan fingerprint density at radius 3 is 2.39 bits per heavy atom. The lowest BCUT2D eigenvalue weighted by molar-refractivity contribution is -0.0516. The Bertz CT molecular complexity index is 477. The molecule has 3 rings (SSSR count). The van der Waals surface area contributed by atoms with E-state index in [4.69, 9.17) is 4.74 Å². The lowest BCUT2D eigenvalue weighted by Gasteiger charge is -2.39. The molecule has 0 unspecified atom stereocenters. The molecule has 1 atom stereocenters. The summed E-state index contributed by atoms with van der Waals surface area (Å²) >= 11 is 0. The highest BCUT2D eigenvalue weighted by Crippen LogP contribution is 2.42. The number of piperazine rings is 1. The summed E-state index contributed by atoms with van der Waals surface area (Å²) in [6.45, 7) is 1.07. The van der Waals surface area contributed by atoms with Crippen LogP contribution in [0.5, 0.6) is 5.75 Å². The van der Waals surface area contributed by atoms with Gasteiger partial charge in [-0.3, -0.25) is 4.90 Å². The minimum atomic E-state index is -2.77. The lowest BCUT2D eigenvalue weighted by atomic mass is 9.89. The molecule has 130 valence electrons. The first-order chi connectivity index (χ1) is 10.8. The number of hydrogen-bond donors (Lipinski definition) is 1.